The molecule has 1 aliphatic rings. The van der Waals surface area contributed by atoms with Gasteiger partial charge in [0.05, 0.1) is 39.7 Å². The van der Waals surface area contributed by atoms with Crippen LogP contribution in [0.25, 0.3) is 0 Å². The fraction of sp³-hybridized carbons (Fsp3) is 0.481. The highest BCUT2D eigenvalue weighted by Crippen LogP contribution is 2.37. The third kappa shape index (κ3) is 8.27. The first-order valence-corrected chi connectivity index (χ1v) is 12.8. The minimum absolute atomic E-state index is 0.539. The summed E-state index contributed by atoms with van der Waals surface area (Å²) >= 11 is 1.60. The van der Waals surface area contributed by atoms with E-state index in [0.29, 0.717) is 11.5 Å². The van der Waals surface area contributed by atoms with E-state index in [9.17, 15) is 5.26 Å². The number of anilines is 1. The van der Waals surface area contributed by atoms with Crippen molar-refractivity contribution in [3.05, 3.63) is 64.3 Å². The number of pyridine rings is 1. The molecule has 0 aliphatic carbocycles. The lowest BCUT2D eigenvalue weighted by molar-refractivity contribution is 0.125. The summed E-state index contributed by atoms with van der Waals surface area (Å²) in [6.07, 6.45) is 14.8. The fourth-order valence-corrected chi connectivity index (χ4v) is 4.98. The molecule has 7 heteroatoms. The highest BCUT2D eigenvalue weighted by atomic mass is 32.2. The number of allylic oxidation sites excluding steroid dienone is 5. The van der Waals surface area contributed by atoms with Gasteiger partial charge in [0.2, 0.25) is 0 Å². The highest BCUT2D eigenvalue weighted by molar-refractivity contribution is 8.03. The lowest BCUT2D eigenvalue weighted by Gasteiger charge is -2.28. The van der Waals surface area contributed by atoms with Crippen molar-refractivity contribution in [3.8, 4) is 6.07 Å². The van der Waals surface area contributed by atoms with E-state index >= 15 is 0 Å². The lowest BCUT2D eigenvalue weighted by Crippen LogP contribution is -2.33. The quantitative estimate of drug-likeness (QED) is 0.229. The number of hydrogen-bond acceptors (Lipinski definition) is 7. The van der Waals surface area contributed by atoms with Gasteiger partial charge >= 0.3 is 0 Å². The normalized spacial score (nSPS) is 18.1. The first-order valence-electron chi connectivity index (χ1n) is 11.9. The SMILES string of the molecule is C\C=C/C(=C\C=C\OCC1CCCN(C)C1)NC(Sc1c(C)ncc(C#N)c1NC)=C(C)CC. The van der Waals surface area contributed by atoms with Crippen molar-refractivity contribution in [2.75, 3.05) is 39.1 Å². The summed E-state index contributed by atoms with van der Waals surface area (Å²) in [6.45, 7) is 11.3. The van der Waals surface area contributed by atoms with Gasteiger partial charge in [-0.15, -0.1) is 0 Å². The van der Waals surface area contributed by atoms with Gasteiger partial charge in [-0.25, -0.2) is 0 Å². The van der Waals surface area contributed by atoms with Crippen LogP contribution in [-0.4, -0.2) is 43.7 Å². The van der Waals surface area contributed by atoms with E-state index in [1.165, 1.54) is 25.0 Å². The lowest BCUT2D eigenvalue weighted by atomic mass is 10.00. The summed E-state index contributed by atoms with van der Waals surface area (Å²) in [5, 5.41) is 17.3. The first-order chi connectivity index (χ1) is 16.4. The van der Waals surface area contributed by atoms with Crippen molar-refractivity contribution >= 4 is 17.4 Å². The molecule has 34 heavy (non-hydrogen) atoms. The summed E-state index contributed by atoms with van der Waals surface area (Å²) in [5.41, 5.74) is 4.42. The molecule has 0 radical (unpaired) electrons. The van der Waals surface area contributed by atoms with Gasteiger partial charge in [-0.2, -0.15) is 5.26 Å². The van der Waals surface area contributed by atoms with Gasteiger partial charge in [0.1, 0.15) is 6.07 Å². The molecule has 1 aliphatic heterocycles. The predicted molar refractivity (Wildman–Crippen MR) is 143 cm³/mol. The van der Waals surface area contributed by atoms with E-state index in [1.54, 1.807) is 24.2 Å². The topological polar surface area (TPSA) is 73.2 Å². The van der Waals surface area contributed by atoms with Crippen LogP contribution in [0.1, 0.15) is 51.3 Å². The van der Waals surface area contributed by atoms with Crippen LogP contribution in [0, 0.1) is 24.2 Å². The number of aromatic nitrogens is 1. The maximum absolute atomic E-state index is 9.50. The molecule has 1 aromatic heterocycles. The Labute approximate surface area is 209 Å². The number of thioether (sulfide) groups is 1. The fourth-order valence-electron chi connectivity index (χ4n) is 3.78. The average Bonchev–Trinajstić information content (AvgIpc) is 2.83. The number of nitrogens with one attached hydrogen (secondary N) is 2. The number of hydrogen-bond donors (Lipinski definition) is 2. The van der Waals surface area contributed by atoms with E-state index in [-0.39, 0.29) is 0 Å². The second-order valence-corrected chi connectivity index (χ2v) is 9.59. The maximum Gasteiger partial charge on any atom is 0.103 e. The molecule has 2 N–H and O–H groups in total. The third-order valence-corrected chi connectivity index (χ3v) is 7.17. The van der Waals surface area contributed by atoms with Crippen LogP contribution in [0.2, 0.25) is 0 Å². The maximum atomic E-state index is 9.50. The largest absolute Gasteiger partial charge is 0.501 e. The molecule has 2 rings (SSSR count). The van der Waals surface area contributed by atoms with E-state index in [2.05, 4.69) is 47.5 Å². The molecule has 1 aromatic rings. The highest BCUT2D eigenvalue weighted by Gasteiger charge is 2.17. The Morgan fingerprint density at radius 3 is 2.88 bits per heavy atom. The van der Waals surface area contributed by atoms with E-state index in [0.717, 1.165) is 46.6 Å². The Kier molecular flexibility index (Phi) is 11.8. The van der Waals surface area contributed by atoms with Crippen molar-refractivity contribution in [2.45, 2.75) is 51.9 Å². The number of ether oxygens (including phenoxy) is 1. The molecule has 0 spiro atoms. The minimum atomic E-state index is 0.539. The van der Waals surface area contributed by atoms with Gasteiger partial charge in [-0.3, -0.25) is 4.98 Å². The summed E-state index contributed by atoms with van der Waals surface area (Å²) in [5.74, 6) is 0.598. The second kappa shape index (κ2) is 14.5. The molecule has 0 saturated carbocycles. The number of nitrogens with zero attached hydrogens (tertiary/aromatic N) is 3. The Morgan fingerprint density at radius 1 is 1.44 bits per heavy atom. The van der Waals surface area contributed by atoms with Gasteiger partial charge in [0.15, 0.2) is 0 Å². The Hall–Kier alpha value is -2.69. The van der Waals surface area contributed by atoms with Crippen LogP contribution < -0.4 is 10.6 Å². The second-order valence-electron chi connectivity index (χ2n) is 8.57. The Morgan fingerprint density at radius 2 is 2.24 bits per heavy atom. The molecule has 2 heterocycles. The van der Waals surface area contributed by atoms with Gasteiger partial charge in [-0.1, -0.05) is 24.8 Å². The number of aryl methyl sites for hydroxylation is 1. The van der Waals surface area contributed by atoms with Crippen LogP contribution >= 0.6 is 11.8 Å². The number of piperidine rings is 1. The molecular weight excluding hydrogens is 442 g/mol. The van der Waals surface area contributed by atoms with Crippen LogP contribution in [0.15, 0.2) is 58.0 Å². The Bertz CT molecular complexity index is 974. The molecule has 1 atom stereocenters. The Balaban J connectivity index is 2.16. The van der Waals surface area contributed by atoms with Crippen LogP contribution in [-0.2, 0) is 4.74 Å². The third-order valence-electron chi connectivity index (χ3n) is 5.81. The van der Waals surface area contributed by atoms with E-state index in [1.807, 2.05) is 45.2 Å². The first kappa shape index (κ1) is 27.6. The van der Waals surface area contributed by atoms with Crippen LogP contribution in [0.5, 0.6) is 0 Å². The number of nitriles is 1. The minimum Gasteiger partial charge on any atom is -0.501 e. The van der Waals surface area contributed by atoms with Crippen molar-refractivity contribution in [3.63, 3.8) is 0 Å². The molecular formula is C27H39N5OS. The molecule has 0 amide bonds. The molecule has 1 unspecified atom stereocenters. The van der Waals surface area contributed by atoms with Crippen LogP contribution in [0.4, 0.5) is 5.69 Å². The van der Waals surface area contributed by atoms with Crippen LogP contribution in [0.3, 0.4) is 0 Å². The summed E-state index contributed by atoms with van der Waals surface area (Å²) < 4.78 is 5.82. The van der Waals surface area contributed by atoms with E-state index in [4.69, 9.17) is 4.74 Å². The van der Waals surface area contributed by atoms with Gasteiger partial charge in [0.25, 0.3) is 0 Å². The van der Waals surface area contributed by atoms with E-state index < -0.39 is 0 Å². The predicted octanol–water partition coefficient (Wildman–Crippen LogP) is 5.96. The van der Waals surface area contributed by atoms with Crippen molar-refractivity contribution in [1.82, 2.24) is 15.2 Å². The van der Waals surface area contributed by atoms with Crippen molar-refractivity contribution in [1.29, 1.82) is 5.26 Å². The summed E-state index contributed by atoms with van der Waals surface area (Å²) in [7, 11) is 4.01. The number of rotatable bonds is 11. The average molecular weight is 482 g/mol. The molecule has 1 saturated heterocycles. The standard InChI is InChI=1S/C27H39N5OS/c1-7-11-24(13-10-15-33-19-22-12-9-14-32(6)18-22)31-27(20(3)8-2)34-26-21(4)30-17-23(16-28)25(26)29-5/h7,10-11,13,15,17,22,31H,8-9,12,14,18-19H2,1-6H3,(H,29,30)/b11-7-,15-10+,24-13+,27-20?. The zero-order valence-electron chi connectivity index (χ0n) is 21.4. The molecule has 0 aromatic carbocycles. The van der Waals surface area contributed by atoms with Gasteiger partial charge < -0.3 is 20.3 Å². The van der Waals surface area contributed by atoms with Gasteiger partial charge in [-0.05, 0) is 77.4 Å². The molecule has 184 valence electrons. The molecule has 0 bridgehead atoms. The zero-order chi connectivity index (χ0) is 24.9. The zero-order valence-corrected chi connectivity index (χ0v) is 22.3. The molecule has 1 fully saturated rings. The molecule has 6 nitrogen and oxygen atoms in total. The van der Waals surface area contributed by atoms with Crippen molar-refractivity contribution < 1.29 is 4.74 Å². The smallest absolute Gasteiger partial charge is 0.103 e. The number of likely N-dealkylation sites (tertiary alicyclic amines) is 1. The van der Waals surface area contributed by atoms with Crippen molar-refractivity contribution in [2.24, 2.45) is 5.92 Å². The van der Waals surface area contributed by atoms with Gasteiger partial charge in [0, 0.05) is 31.4 Å². The monoisotopic (exact) mass is 481 g/mol. The summed E-state index contributed by atoms with van der Waals surface area (Å²) in [6, 6.07) is 2.23. The summed E-state index contributed by atoms with van der Waals surface area (Å²) in [4.78, 5) is 7.76.